The van der Waals surface area contributed by atoms with Crippen molar-refractivity contribution in [3.05, 3.63) is 72.3 Å². The van der Waals surface area contributed by atoms with Gasteiger partial charge in [0.1, 0.15) is 17.7 Å². The Balaban J connectivity index is 1.15. The van der Waals surface area contributed by atoms with Crippen molar-refractivity contribution in [3.8, 4) is 23.5 Å². The minimum absolute atomic E-state index is 0.0289. The molecule has 1 saturated heterocycles. The van der Waals surface area contributed by atoms with Crippen LogP contribution in [-0.2, 0) is 20.9 Å². The summed E-state index contributed by atoms with van der Waals surface area (Å²) in [5.74, 6) is 4.22. The standard InChI is InChI=1S/C44H49N7O4/c1-7-8-20-50(43(53)39(27(4)5)49-44(54)55-6)25-37-45-34-18-14-30-23-28(12-16-32(30)40(34)47-37)29-13-17-33-31(24-29)15-19-35-41(33)48-42(46-35)36-11-9-10-21-51(36)38(52)22-26(2)3/h1,12-19,23-24,26-27,36,39H,8-11,20-22,25H2,2-6H3,(H,45,47)(H,46,48)(H,49,54)/t36-,39-/m0/s1. The summed E-state index contributed by atoms with van der Waals surface area (Å²) >= 11 is 0. The number of nitrogens with one attached hydrogen (secondary N) is 3. The van der Waals surface area contributed by atoms with Crippen LogP contribution in [0.1, 0.15) is 77.5 Å². The van der Waals surface area contributed by atoms with E-state index in [4.69, 9.17) is 21.1 Å². The zero-order chi connectivity index (χ0) is 38.8. The van der Waals surface area contributed by atoms with Crippen molar-refractivity contribution in [1.82, 2.24) is 35.1 Å². The molecule has 0 saturated carbocycles. The number of amides is 3. The van der Waals surface area contributed by atoms with Crippen LogP contribution in [0.25, 0.3) is 54.7 Å². The smallest absolute Gasteiger partial charge is 0.407 e. The summed E-state index contributed by atoms with van der Waals surface area (Å²) in [6.45, 7) is 9.22. The maximum absolute atomic E-state index is 13.6. The summed E-state index contributed by atoms with van der Waals surface area (Å²) < 4.78 is 4.76. The number of nitrogens with zero attached hydrogens (tertiary/aromatic N) is 4. The highest BCUT2D eigenvalue weighted by atomic mass is 16.5. The number of ether oxygens (including phenoxy) is 1. The third-order valence-electron chi connectivity index (χ3n) is 10.6. The zero-order valence-corrected chi connectivity index (χ0v) is 32.2. The number of imidazole rings is 2. The van der Waals surface area contributed by atoms with E-state index < -0.39 is 12.1 Å². The summed E-state index contributed by atoms with van der Waals surface area (Å²) in [4.78, 5) is 59.5. The Morgan fingerprint density at radius 1 is 0.927 bits per heavy atom. The lowest BCUT2D eigenvalue weighted by Crippen LogP contribution is -2.51. The van der Waals surface area contributed by atoms with Crippen LogP contribution in [0, 0.1) is 24.2 Å². The van der Waals surface area contributed by atoms with Crippen LogP contribution in [0.5, 0.6) is 0 Å². The molecular weight excluding hydrogens is 691 g/mol. The number of hydrogen-bond acceptors (Lipinski definition) is 6. The van der Waals surface area contributed by atoms with Gasteiger partial charge in [-0.3, -0.25) is 9.59 Å². The number of aromatic amines is 2. The number of H-pyrrole nitrogens is 2. The van der Waals surface area contributed by atoms with Gasteiger partial charge in [-0.25, -0.2) is 14.8 Å². The minimum Gasteiger partial charge on any atom is -0.453 e. The van der Waals surface area contributed by atoms with Gasteiger partial charge in [0.15, 0.2) is 0 Å². The molecule has 1 aliphatic heterocycles. The normalized spacial score (nSPS) is 15.2. The number of carbonyl (C=O) groups is 3. The van der Waals surface area contributed by atoms with Crippen LogP contribution in [0.2, 0.25) is 0 Å². The first kappa shape index (κ1) is 37.4. The van der Waals surface area contributed by atoms with Gasteiger partial charge in [-0.15, -0.1) is 12.3 Å². The Hall–Kier alpha value is -5.89. The van der Waals surface area contributed by atoms with E-state index in [0.717, 1.165) is 86.4 Å². The number of rotatable bonds is 11. The fraction of sp³-hybridized carbons (Fsp3) is 0.386. The average Bonchev–Trinajstić information content (AvgIpc) is 3.82. The molecule has 0 aliphatic carbocycles. The van der Waals surface area contributed by atoms with Crippen LogP contribution in [-0.4, -0.2) is 73.9 Å². The topological polar surface area (TPSA) is 136 Å². The first-order valence-corrected chi connectivity index (χ1v) is 19.2. The van der Waals surface area contributed by atoms with E-state index in [-0.39, 0.29) is 30.3 Å². The largest absolute Gasteiger partial charge is 0.453 e. The van der Waals surface area contributed by atoms with Crippen LogP contribution in [0.4, 0.5) is 4.79 Å². The number of terminal acetylenes is 1. The molecule has 2 aromatic heterocycles. The number of methoxy groups -OCH3 is 1. The molecule has 0 bridgehead atoms. The monoisotopic (exact) mass is 739 g/mol. The molecule has 2 atom stereocenters. The summed E-state index contributed by atoms with van der Waals surface area (Å²) in [6, 6.07) is 20.4. The molecule has 7 rings (SSSR count). The molecule has 284 valence electrons. The van der Waals surface area contributed by atoms with Crippen molar-refractivity contribution < 1.29 is 19.1 Å². The number of aromatic nitrogens is 4. The van der Waals surface area contributed by atoms with Crippen LogP contribution >= 0.6 is 0 Å². The quantitative estimate of drug-likeness (QED) is 0.115. The molecule has 0 radical (unpaired) electrons. The van der Waals surface area contributed by atoms with Gasteiger partial charge in [0.2, 0.25) is 11.8 Å². The Bertz CT molecular complexity index is 2440. The van der Waals surface area contributed by atoms with Crippen LogP contribution in [0.3, 0.4) is 0 Å². The number of hydrogen-bond donors (Lipinski definition) is 3. The Morgan fingerprint density at radius 3 is 2.20 bits per heavy atom. The van der Waals surface area contributed by atoms with Crippen molar-refractivity contribution in [2.75, 3.05) is 20.2 Å². The molecule has 4 aromatic carbocycles. The molecule has 3 N–H and O–H groups in total. The van der Waals surface area contributed by atoms with Gasteiger partial charge in [-0.2, -0.15) is 0 Å². The molecule has 3 heterocycles. The molecule has 0 unspecified atom stereocenters. The van der Waals surface area contributed by atoms with Crippen LogP contribution in [0.15, 0.2) is 60.7 Å². The summed E-state index contributed by atoms with van der Waals surface area (Å²) in [5, 5.41) is 6.87. The van der Waals surface area contributed by atoms with Gasteiger partial charge in [-0.1, -0.05) is 64.1 Å². The summed E-state index contributed by atoms with van der Waals surface area (Å²) in [5.41, 5.74) is 5.75. The zero-order valence-electron chi connectivity index (χ0n) is 32.2. The van der Waals surface area contributed by atoms with Gasteiger partial charge in [0, 0.05) is 36.7 Å². The third kappa shape index (κ3) is 7.72. The van der Waals surface area contributed by atoms with E-state index >= 15 is 0 Å². The molecule has 6 aromatic rings. The van der Waals surface area contributed by atoms with Crippen molar-refractivity contribution in [2.24, 2.45) is 11.8 Å². The van der Waals surface area contributed by atoms with E-state index in [9.17, 15) is 14.4 Å². The number of fused-ring (bicyclic) bond motifs is 6. The fourth-order valence-corrected chi connectivity index (χ4v) is 7.79. The molecule has 11 heteroatoms. The number of likely N-dealkylation sites (tertiary alicyclic amines) is 1. The van der Waals surface area contributed by atoms with Crippen molar-refractivity contribution in [1.29, 1.82) is 0 Å². The lowest BCUT2D eigenvalue weighted by atomic mass is 9.98. The molecule has 0 spiro atoms. The second kappa shape index (κ2) is 15.8. The maximum Gasteiger partial charge on any atom is 0.407 e. The van der Waals surface area contributed by atoms with E-state index in [2.05, 4.69) is 89.6 Å². The summed E-state index contributed by atoms with van der Waals surface area (Å²) in [6.07, 6.45) is 8.85. The Morgan fingerprint density at radius 2 is 1.58 bits per heavy atom. The lowest BCUT2D eigenvalue weighted by molar-refractivity contribution is -0.136. The highest BCUT2D eigenvalue weighted by molar-refractivity contribution is 6.07. The molecule has 55 heavy (non-hydrogen) atoms. The average molecular weight is 740 g/mol. The second-order valence-corrected chi connectivity index (χ2v) is 15.4. The highest BCUT2D eigenvalue weighted by Crippen LogP contribution is 2.35. The van der Waals surface area contributed by atoms with E-state index in [1.165, 1.54) is 7.11 Å². The predicted octanol–water partition coefficient (Wildman–Crippen LogP) is 8.24. The van der Waals surface area contributed by atoms with Crippen molar-refractivity contribution in [3.63, 3.8) is 0 Å². The van der Waals surface area contributed by atoms with E-state index in [0.29, 0.717) is 31.1 Å². The Labute approximate surface area is 321 Å². The van der Waals surface area contributed by atoms with Gasteiger partial charge in [0.05, 0.1) is 41.8 Å². The molecule has 11 nitrogen and oxygen atoms in total. The number of carbonyl (C=O) groups excluding carboxylic acids is 3. The van der Waals surface area contributed by atoms with Gasteiger partial charge >= 0.3 is 6.09 Å². The first-order chi connectivity index (χ1) is 26.5. The van der Waals surface area contributed by atoms with Crippen molar-refractivity contribution in [2.45, 2.75) is 78.4 Å². The molecule has 1 aliphatic rings. The van der Waals surface area contributed by atoms with Gasteiger partial charge in [0.25, 0.3) is 0 Å². The fourth-order valence-electron chi connectivity index (χ4n) is 7.79. The van der Waals surface area contributed by atoms with Crippen molar-refractivity contribution >= 4 is 61.5 Å². The van der Waals surface area contributed by atoms with Gasteiger partial charge < -0.3 is 29.8 Å². The second-order valence-electron chi connectivity index (χ2n) is 15.4. The lowest BCUT2D eigenvalue weighted by Gasteiger charge is -2.35. The number of piperidine rings is 1. The van der Waals surface area contributed by atoms with Crippen LogP contribution < -0.4 is 5.32 Å². The van der Waals surface area contributed by atoms with Gasteiger partial charge in [-0.05, 0) is 77.3 Å². The predicted molar refractivity (Wildman–Crippen MR) is 217 cm³/mol. The SMILES string of the molecule is C#CCCN(Cc1nc2c(ccc3cc(-c4ccc5c(ccc6[nH]c([C@@H]7CCCCN7C(=O)CC(C)C)nc65)c4)ccc32)[nH]1)C(=O)[C@@H](NC(=O)OC)C(C)C. The first-order valence-electron chi connectivity index (χ1n) is 19.2. The Kier molecular flexibility index (Phi) is 10.8. The number of alkyl carbamates (subject to hydrolysis) is 1. The highest BCUT2D eigenvalue weighted by Gasteiger charge is 2.31. The maximum atomic E-state index is 13.6. The summed E-state index contributed by atoms with van der Waals surface area (Å²) in [7, 11) is 1.27. The minimum atomic E-state index is -0.773. The molecule has 1 fully saturated rings. The molecule has 3 amide bonds. The van der Waals surface area contributed by atoms with E-state index in [1.54, 1.807) is 4.90 Å². The third-order valence-corrected chi connectivity index (χ3v) is 10.6. The van der Waals surface area contributed by atoms with E-state index in [1.807, 2.05) is 24.8 Å². The molecular formula is C44H49N7O4. The number of benzene rings is 4.